The maximum absolute atomic E-state index is 12.4. The quantitative estimate of drug-likeness (QED) is 0.751. The van der Waals surface area contributed by atoms with Gasteiger partial charge < -0.3 is 20.0 Å². The van der Waals surface area contributed by atoms with E-state index >= 15 is 0 Å². The van der Waals surface area contributed by atoms with Crippen LogP contribution in [0.1, 0.15) is 42.6 Å². The number of fused-ring (bicyclic) bond motifs is 2. The van der Waals surface area contributed by atoms with E-state index in [1.807, 2.05) is 4.90 Å². The molecule has 2 unspecified atom stereocenters. The first-order valence-electron chi connectivity index (χ1n) is 6.86. The van der Waals surface area contributed by atoms with Crippen LogP contribution in [0.5, 0.6) is 0 Å². The largest absolute Gasteiger partial charge is 0.481 e. The molecule has 0 radical (unpaired) electrons. The first-order valence-corrected chi connectivity index (χ1v) is 6.86. The van der Waals surface area contributed by atoms with Crippen LogP contribution in [0.25, 0.3) is 0 Å². The predicted molar refractivity (Wildman–Crippen MR) is 69.4 cm³/mol. The second kappa shape index (κ2) is 4.81. The van der Waals surface area contributed by atoms with Crippen LogP contribution in [0.15, 0.2) is 11.0 Å². The van der Waals surface area contributed by atoms with Gasteiger partial charge in [0.15, 0.2) is 0 Å². The van der Waals surface area contributed by atoms with Crippen molar-refractivity contribution >= 4 is 11.9 Å². The minimum absolute atomic E-state index is 0.101. The Kier molecular flexibility index (Phi) is 3.11. The van der Waals surface area contributed by atoms with Crippen molar-refractivity contribution in [2.75, 3.05) is 0 Å². The molecule has 1 aromatic heterocycles. The van der Waals surface area contributed by atoms with E-state index in [1.54, 1.807) is 0 Å². The van der Waals surface area contributed by atoms with E-state index in [1.165, 1.54) is 6.20 Å². The molecule has 0 spiro atoms. The monoisotopic (exact) mass is 279 g/mol. The third-order valence-corrected chi connectivity index (χ3v) is 4.35. The summed E-state index contributed by atoms with van der Waals surface area (Å²) in [7, 11) is 0. The molecule has 20 heavy (non-hydrogen) atoms. The lowest BCUT2D eigenvalue weighted by Crippen LogP contribution is -2.47. The molecule has 3 rings (SSSR count). The summed E-state index contributed by atoms with van der Waals surface area (Å²) in [4.78, 5) is 41.1. The molecule has 3 heterocycles. The molecule has 108 valence electrons. The average molecular weight is 279 g/mol. The number of nitrogens with one attached hydrogen (secondary N) is 2. The van der Waals surface area contributed by atoms with Crippen molar-refractivity contribution in [3.8, 4) is 0 Å². The SMILES string of the molecule is O=C(O)CC1CC2CCC(C1)N2C(=O)c1c[nH]c(=O)[nH]1. The normalized spacial score (nSPS) is 28.6. The lowest BCUT2D eigenvalue weighted by Gasteiger charge is -2.38. The Bertz CT molecular complexity index is 576. The third-order valence-electron chi connectivity index (χ3n) is 4.35. The van der Waals surface area contributed by atoms with Gasteiger partial charge in [0, 0.05) is 24.7 Å². The van der Waals surface area contributed by atoms with Crippen LogP contribution in [0.4, 0.5) is 0 Å². The van der Waals surface area contributed by atoms with Crippen LogP contribution >= 0.6 is 0 Å². The second-order valence-corrected chi connectivity index (χ2v) is 5.69. The minimum atomic E-state index is -0.774. The number of imidazole rings is 1. The smallest absolute Gasteiger partial charge is 0.323 e. The van der Waals surface area contributed by atoms with Crippen molar-refractivity contribution in [3.05, 3.63) is 22.4 Å². The number of piperidine rings is 1. The van der Waals surface area contributed by atoms with Gasteiger partial charge in [-0.2, -0.15) is 0 Å². The van der Waals surface area contributed by atoms with Gasteiger partial charge in [-0.05, 0) is 31.6 Å². The Labute approximate surface area is 115 Å². The van der Waals surface area contributed by atoms with Gasteiger partial charge >= 0.3 is 11.7 Å². The summed E-state index contributed by atoms with van der Waals surface area (Å²) in [6.45, 7) is 0. The Morgan fingerprint density at radius 1 is 1.30 bits per heavy atom. The summed E-state index contributed by atoms with van der Waals surface area (Å²) >= 11 is 0. The van der Waals surface area contributed by atoms with Gasteiger partial charge in [0.25, 0.3) is 5.91 Å². The molecule has 2 aliphatic rings. The first-order chi connectivity index (χ1) is 9.54. The number of amides is 1. The number of rotatable bonds is 3. The van der Waals surface area contributed by atoms with Crippen molar-refractivity contribution < 1.29 is 14.7 Å². The topological polar surface area (TPSA) is 106 Å². The highest BCUT2D eigenvalue weighted by Crippen LogP contribution is 2.40. The molecular weight excluding hydrogens is 262 g/mol. The Balaban J connectivity index is 1.75. The highest BCUT2D eigenvalue weighted by atomic mass is 16.4. The van der Waals surface area contributed by atoms with Gasteiger partial charge in [-0.3, -0.25) is 9.59 Å². The van der Waals surface area contributed by atoms with E-state index in [2.05, 4.69) is 9.97 Å². The molecule has 0 aliphatic carbocycles. The van der Waals surface area contributed by atoms with Gasteiger partial charge in [-0.1, -0.05) is 0 Å². The predicted octanol–water partition coefficient (Wildman–Crippen LogP) is 0.561. The number of carbonyl (C=O) groups excluding carboxylic acids is 1. The van der Waals surface area contributed by atoms with Crippen LogP contribution in [-0.4, -0.2) is 43.9 Å². The molecule has 3 N–H and O–H groups in total. The van der Waals surface area contributed by atoms with E-state index in [0.29, 0.717) is 0 Å². The number of hydrogen-bond acceptors (Lipinski definition) is 3. The molecule has 2 fully saturated rings. The van der Waals surface area contributed by atoms with E-state index in [0.717, 1.165) is 25.7 Å². The Hall–Kier alpha value is -2.05. The fraction of sp³-hybridized carbons (Fsp3) is 0.615. The fourth-order valence-corrected chi connectivity index (χ4v) is 3.62. The molecule has 2 aliphatic heterocycles. The van der Waals surface area contributed by atoms with Crippen LogP contribution in [0, 0.1) is 5.92 Å². The third kappa shape index (κ3) is 2.23. The second-order valence-electron chi connectivity index (χ2n) is 5.69. The maximum atomic E-state index is 12.4. The van der Waals surface area contributed by atoms with E-state index < -0.39 is 5.97 Å². The summed E-state index contributed by atoms with van der Waals surface area (Å²) in [6.07, 6.45) is 4.89. The zero-order chi connectivity index (χ0) is 14.3. The van der Waals surface area contributed by atoms with Gasteiger partial charge in [0.2, 0.25) is 0 Å². The number of carbonyl (C=O) groups is 2. The van der Waals surface area contributed by atoms with Crippen molar-refractivity contribution in [3.63, 3.8) is 0 Å². The summed E-state index contributed by atoms with van der Waals surface area (Å²) in [5.41, 5.74) is -0.106. The molecule has 7 heteroatoms. The van der Waals surface area contributed by atoms with Crippen LogP contribution in [-0.2, 0) is 4.79 Å². The lowest BCUT2D eigenvalue weighted by molar-refractivity contribution is -0.138. The number of H-pyrrole nitrogens is 2. The molecule has 0 aromatic carbocycles. The average Bonchev–Trinajstić information content (AvgIpc) is 2.91. The van der Waals surface area contributed by atoms with E-state index in [9.17, 15) is 14.4 Å². The molecule has 2 atom stereocenters. The summed E-state index contributed by atoms with van der Waals surface area (Å²) in [6, 6.07) is 0.202. The van der Waals surface area contributed by atoms with Crippen molar-refractivity contribution in [1.29, 1.82) is 0 Å². The van der Waals surface area contributed by atoms with Crippen molar-refractivity contribution in [2.45, 2.75) is 44.2 Å². The highest BCUT2D eigenvalue weighted by molar-refractivity contribution is 5.92. The molecule has 7 nitrogen and oxygen atoms in total. The van der Waals surface area contributed by atoms with Gasteiger partial charge in [0.05, 0.1) is 0 Å². The molecule has 1 amide bonds. The highest BCUT2D eigenvalue weighted by Gasteiger charge is 2.44. The summed E-state index contributed by atoms with van der Waals surface area (Å²) < 4.78 is 0. The first kappa shape index (κ1) is 13.0. The summed E-state index contributed by atoms with van der Waals surface area (Å²) in [5.74, 6) is -0.784. The standard InChI is InChI=1S/C13H17N3O4/c17-11(18)5-7-3-8-1-2-9(4-7)16(8)12(19)10-6-14-13(20)15-10/h6-9H,1-5H2,(H,17,18)(H2,14,15,20). The van der Waals surface area contributed by atoms with Gasteiger partial charge in [-0.25, -0.2) is 4.79 Å². The number of carboxylic acid groups (broad SMARTS) is 1. The lowest BCUT2D eigenvalue weighted by atomic mass is 9.88. The molecule has 0 saturated carbocycles. The van der Waals surface area contributed by atoms with Crippen LogP contribution in [0.2, 0.25) is 0 Å². The van der Waals surface area contributed by atoms with Crippen LogP contribution < -0.4 is 5.69 Å². The fourth-order valence-electron chi connectivity index (χ4n) is 3.62. The minimum Gasteiger partial charge on any atom is -0.481 e. The molecule has 1 aromatic rings. The summed E-state index contributed by atoms with van der Waals surface area (Å²) in [5, 5.41) is 8.89. The zero-order valence-electron chi connectivity index (χ0n) is 11.0. The van der Waals surface area contributed by atoms with E-state index in [-0.39, 0.29) is 41.7 Å². The Morgan fingerprint density at radius 2 is 1.95 bits per heavy atom. The molecular formula is C13H17N3O4. The molecule has 2 saturated heterocycles. The zero-order valence-corrected chi connectivity index (χ0v) is 11.0. The number of nitrogens with zero attached hydrogens (tertiary/aromatic N) is 1. The number of carboxylic acids is 1. The van der Waals surface area contributed by atoms with Gasteiger partial charge in [0.1, 0.15) is 5.69 Å². The Morgan fingerprint density at radius 3 is 2.45 bits per heavy atom. The van der Waals surface area contributed by atoms with Crippen molar-refractivity contribution in [1.82, 2.24) is 14.9 Å². The van der Waals surface area contributed by atoms with Crippen molar-refractivity contribution in [2.24, 2.45) is 5.92 Å². The van der Waals surface area contributed by atoms with Crippen LogP contribution in [0.3, 0.4) is 0 Å². The number of aromatic nitrogens is 2. The number of hydrogen-bond donors (Lipinski definition) is 3. The maximum Gasteiger partial charge on any atom is 0.323 e. The van der Waals surface area contributed by atoms with Gasteiger partial charge in [-0.15, -0.1) is 0 Å². The number of aromatic amines is 2. The molecule has 2 bridgehead atoms. The van der Waals surface area contributed by atoms with E-state index in [4.69, 9.17) is 5.11 Å². The number of aliphatic carboxylic acids is 1.